The van der Waals surface area contributed by atoms with Crippen molar-refractivity contribution in [1.82, 2.24) is 4.90 Å². The molecule has 12 heteroatoms. The number of hydrogen-bond acceptors (Lipinski definition) is 6. The number of rotatable bonds is 8. The first kappa shape index (κ1) is 21.4. The molecule has 0 aromatic heterocycles. The summed E-state index contributed by atoms with van der Waals surface area (Å²) in [6.45, 7) is 0.509. The molecule has 1 atom stereocenters. The number of nitro benzene ring substituents is 1. The van der Waals surface area contributed by atoms with Crippen molar-refractivity contribution in [2.24, 2.45) is 5.73 Å². The second-order valence-electron chi connectivity index (χ2n) is 6.19. The molecule has 1 aromatic rings. The molecule has 0 bridgehead atoms. The second kappa shape index (κ2) is 8.87. The summed E-state index contributed by atoms with van der Waals surface area (Å²) in [6.07, 6.45) is -4.44. The van der Waals surface area contributed by atoms with Gasteiger partial charge in [-0.05, 0) is 18.6 Å². The average Bonchev–Trinajstić information content (AvgIpc) is 3.08. The maximum absolute atomic E-state index is 12.7. The van der Waals surface area contributed by atoms with Crippen LogP contribution in [-0.2, 0) is 20.5 Å². The number of alkyl halides is 3. The maximum atomic E-state index is 12.7. The van der Waals surface area contributed by atoms with Gasteiger partial charge in [0.15, 0.2) is 0 Å². The Labute approximate surface area is 157 Å². The molecule has 0 spiro atoms. The summed E-state index contributed by atoms with van der Waals surface area (Å²) in [5, 5.41) is 13.7. The number of hydrogen-bond donors (Lipinski definition) is 2. The fraction of sp³-hybridized carbons (Fsp3) is 0.500. The molecule has 2 rings (SSSR count). The van der Waals surface area contributed by atoms with Crippen LogP contribution in [0.2, 0.25) is 0 Å². The fourth-order valence-corrected chi connectivity index (χ4v) is 2.76. The van der Waals surface area contributed by atoms with Crippen LogP contribution in [0.1, 0.15) is 18.4 Å². The summed E-state index contributed by atoms with van der Waals surface area (Å²) in [7, 11) is 0. The third kappa shape index (κ3) is 5.81. The van der Waals surface area contributed by atoms with Crippen molar-refractivity contribution in [1.29, 1.82) is 0 Å². The lowest BCUT2D eigenvalue weighted by Crippen LogP contribution is -2.32. The summed E-state index contributed by atoms with van der Waals surface area (Å²) in [5.41, 5.74) is 3.04. The van der Waals surface area contributed by atoms with Crippen molar-refractivity contribution < 1.29 is 32.4 Å². The number of ether oxygens (including phenoxy) is 1. The van der Waals surface area contributed by atoms with E-state index in [1.165, 1.54) is 4.90 Å². The number of halogens is 3. The van der Waals surface area contributed by atoms with Crippen LogP contribution >= 0.6 is 0 Å². The quantitative estimate of drug-likeness (QED) is 0.499. The largest absolute Gasteiger partial charge is 0.416 e. The monoisotopic (exact) mass is 404 g/mol. The Kier molecular flexibility index (Phi) is 6.78. The minimum absolute atomic E-state index is 0.00828. The van der Waals surface area contributed by atoms with Gasteiger partial charge in [0.05, 0.1) is 16.6 Å². The molecular weight excluding hydrogens is 385 g/mol. The SMILES string of the molecule is NC(=O)CO[C@@H]1CCN(C(=O)CCNc2ccc(C(F)(F)F)cc2[N+](=O)[O-])C1. The normalized spacial score (nSPS) is 16.8. The third-order valence-corrected chi connectivity index (χ3v) is 4.14. The molecule has 9 nitrogen and oxygen atoms in total. The number of nitrogens with zero attached hydrogens (tertiary/aromatic N) is 2. The van der Waals surface area contributed by atoms with Gasteiger partial charge in [-0.2, -0.15) is 13.2 Å². The Morgan fingerprint density at radius 2 is 2.11 bits per heavy atom. The van der Waals surface area contributed by atoms with Crippen LogP contribution in [0.15, 0.2) is 18.2 Å². The lowest BCUT2D eigenvalue weighted by Gasteiger charge is -2.17. The van der Waals surface area contributed by atoms with Crippen LogP contribution in [0.5, 0.6) is 0 Å². The fourth-order valence-electron chi connectivity index (χ4n) is 2.76. The molecule has 154 valence electrons. The number of primary amides is 1. The van der Waals surface area contributed by atoms with E-state index in [9.17, 15) is 32.9 Å². The summed E-state index contributed by atoms with van der Waals surface area (Å²) in [5.74, 6) is -0.848. The molecule has 2 amide bonds. The molecular formula is C16H19F3N4O5. The third-order valence-electron chi connectivity index (χ3n) is 4.14. The van der Waals surface area contributed by atoms with Gasteiger partial charge in [-0.25, -0.2) is 0 Å². The lowest BCUT2D eigenvalue weighted by atomic mass is 10.1. The van der Waals surface area contributed by atoms with Crippen molar-refractivity contribution in [3.63, 3.8) is 0 Å². The highest BCUT2D eigenvalue weighted by atomic mass is 19.4. The topological polar surface area (TPSA) is 128 Å². The number of carbonyl (C=O) groups excluding carboxylic acids is 2. The molecule has 0 aliphatic carbocycles. The standard InChI is InChI=1S/C16H19F3N4O5/c17-16(18,19)10-1-2-12(13(7-10)23(26)27)21-5-3-15(25)22-6-4-11(8-22)28-9-14(20)24/h1-2,7,11,21H,3-6,8-9H2,(H2,20,24)/t11-/m1/s1. The van der Waals surface area contributed by atoms with Crippen LogP contribution in [0, 0.1) is 10.1 Å². The molecule has 1 aromatic carbocycles. The van der Waals surface area contributed by atoms with E-state index in [1.54, 1.807) is 0 Å². The molecule has 3 N–H and O–H groups in total. The van der Waals surface area contributed by atoms with Gasteiger partial charge in [-0.3, -0.25) is 19.7 Å². The van der Waals surface area contributed by atoms with Gasteiger partial charge in [-0.15, -0.1) is 0 Å². The lowest BCUT2D eigenvalue weighted by molar-refractivity contribution is -0.384. The predicted octanol–water partition coefficient (Wildman–Crippen LogP) is 1.52. The zero-order chi connectivity index (χ0) is 20.9. The van der Waals surface area contributed by atoms with Crippen molar-refractivity contribution in [2.45, 2.75) is 25.1 Å². The van der Waals surface area contributed by atoms with Crippen molar-refractivity contribution in [3.8, 4) is 0 Å². The van der Waals surface area contributed by atoms with Crippen LogP contribution in [0.3, 0.4) is 0 Å². The van der Waals surface area contributed by atoms with E-state index in [0.717, 1.165) is 12.1 Å². The van der Waals surface area contributed by atoms with E-state index in [0.29, 0.717) is 25.6 Å². The Morgan fingerprint density at radius 1 is 1.39 bits per heavy atom. The van der Waals surface area contributed by atoms with E-state index < -0.39 is 28.3 Å². The Morgan fingerprint density at radius 3 is 2.71 bits per heavy atom. The van der Waals surface area contributed by atoms with Crippen LogP contribution < -0.4 is 11.1 Å². The molecule has 1 aliphatic rings. The van der Waals surface area contributed by atoms with Gasteiger partial charge in [-0.1, -0.05) is 0 Å². The first-order valence-corrected chi connectivity index (χ1v) is 8.35. The van der Waals surface area contributed by atoms with E-state index in [1.807, 2.05) is 0 Å². The van der Waals surface area contributed by atoms with E-state index in [2.05, 4.69) is 5.32 Å². The van der Waals surface area contributed by atoms with Gasteiger partial charge >= 0.3 is 6.18 Å². The smallest absolute Gasteiger partial charge is 0.379 e. The van der Waals surface area contributed by atoms with Crippen LogP contribution in [-0.4, -0.2) is 54.0 Å². The molecule has 0 saturated carbocycles. The van der Waals surface area contributed by atoms with Gasteiger partial charge in [0.2, 0.25) is 11.8 Å². The highest BCUT2D eigenvalue weighted by Crippen LogP contribution is 2.34. The highest BCUT2D eigenvalue weighted by molar-refractivity contribution is 5.77. The van der Waals surface area contributed by atoms with Crippen LogP contribution in [0.4, 0.5) is 24.5 Å². The number of nitrogens with one attached hydrogen (secondary N) is 1. The summed E-state index contributed by atoms with van der Waals surface area (Å²) in [6, 6.07) is 2.15. The number of nitro groups is 1. The number of carbonyl (C=O) groups is 2. The number of anilines is 1. The Hall–Kier alpha value is -2.89. The number of likely N-dealkylation sites (tertiary alicyclic amines) is 1. The first-order valence-electron chi connectivity index (χ1n) is 8.35. The first-order chi connectivity index (χ1) is 13.1. The molecule has 1 aliphatic heterocycles. The second-order valence-corrected chi connectivity index (χ2v) is 6.19. The van der Waals surface area contributed by atoms with Gasteiger partial charge in [0, 0.05) is 32.1 Å². The van der Waals surface area contributed by atoms with E-state index in [-0.39, 0.29) is 37.3 Å². The number of amides is 2. The Balaban J connectivity index is 1.88. The van der Waals surface area contributed by atoms with Gasteiger partial charge < -0.3 is 20.7 Å². The predicted molar refractivity (Wildman–Crippen MR) is 91.3 cm³/mol. The number of benzene rings is 1. The molecule has 1 saturated heterocycles. The van der Waals surface area contributed by atoms with Gasteiger partial charge in [0.25, 0.3) is 5.69 Å². The molecule has 1 fully saturated rings. The maximum Gasteiger partial charge on any atom is 0.416 e. The molecule has 28 heavy (non-hydrogen) atoms. The van der Waals surface area contributed by atoms with Crippen molar-refractivity contribution in [2.75, 3.05) is 31.6 Å². The van der Waals surface area contributed by atoms with Crippen molar-refractivity contribution >= 4 is 23.2 Å². The Bertz CT molecular complexity index is 756. The number of nitrogens with two attached hydrogens (primary N) is 1. The minimum Gasteiger partial charge on any atom is -0.379 e. The van der Waals surface area contributed by atoms with E-state index >= 15 is 0 Å². The van der Waals surface area contributed by atoms with Gasteiger partial charge in [0.1, 0.15) is 12.3 Å². The highest BCUT2D eigenvalue weighted by Gasteiger charge is 2.33. The summed E-state index contributed by atoms with van der Waals surface area (Å²) < 4.78 is 43.3. The summed E-state index contributed by atoms with van der Waals surface area (Å²) >= 11 is 0. The molecule has 0 radical (unpaired) electrons. The molecule has 1 heterocycles. The average molecular weight is 404 g/mol. The summed E-state index contributed by atoms with van der Waals surface area (Å²) in [4.78, 5) is 34.5. The molecule has 0 unspecified atom stereocenters. The minimum atomic E-state index is -4.69. The zero-order valence-electron chi connectivity index (χ0n) is 14.7. The zero-order valence-corrected chi connectivity index (χ0v) is 14.7. The van der Waals surface area contributed by atoms with Crippen molar-refractivity contribution in [3.05, 3.63) is 33.9 Å². The van der Waals surface area contributed by atoms with E-state index in [4.69, 9.17) is 10.5 Å². The van der Waals surface area contributed by atoms with Crippen LogP contribution in [0.25, 0.3) is 0 Å².